The Labute approximate surface area is 77.9 Å². The van der Waals surface area contributed by atoms with Gasteiger partial charge in [0.15, 0.2) is 0 Å². The molecule has 1 aliphatic rings. The third-order valence-corrected chi connectivity index (χ3v) is 3.45. The molecule has 1 fully saturated rings. The van der Waals surface area contributed by atoms with E-state index in [-0.39, 0.29) is 15.7 Å². The molecule has 0 aromatic heterocycles. The number of carbonyl (C=O) groups excluding carboxylic acids is 1. The van der Waals surface area contributed by atoms with Crippen LogP contribution in [0.15, 0.2) is 5.16 Å². The molecule has 0 bridgehead atoms. The lowest BCUT2D eigenvalue weighted by Crippen LogP contribution is -2.31. The number of amides is 1. The molecule has 1 heterocycles. The molecule has 12 heavy (non-hydrogen) atoms. The monoisotopic (exact) mass is 208 g/mol. The van der Waals surface area contributed by atoms with Gasteiger partial charge in [0.1, 0.15) is 10.5 Å². The molecule has 0 aliphatic carbocycles. The highest BCUT2D eigenvalue weighted by Crippen LogP contribution is 2.30. The third kappa shape index (κ3) is 2.21. The van der Waals surface area contributed by atoms with Gasteiger partial charge in [-0.05, 0) is 16.9 Å². The van der Waals surface area contributed by atoms with Crippen molar-refractivity contribution in [3.05, 3.63) is 0 Å². The summed E-state index contributed by atoms with van der Waals surface area (Å²) in [6, 6.07) is 0. The Morgan fingerprint density at radius 2 is 2.67 bits per heavy atom. The molecule has 1 atom stereocenters. The van der Waals surface area contributed by atoms with Crippen LogP contribution >= 0.6 is 23.5 Å². The smallest absolute Gasteiger partial charge is 0.288 e. The molecule has 1 amide bonds. The van der Waals surface area contributed by atoms with Crippen LogP contribution in [0.4, 0.5) is 0 Å². The van der Waals surface area contributed by atoms with Crippen LogP contribution in [-0.2, 0) is 9.53 Å². The molecule has 7 heteroatoms. The Balaban J connectivity index is 2.51. The van der Waals surface area contributed by atoms with Gasteiger partial charge in [0.2, 0.25) is 5.91 Å². The number of thioether (sulfide) groups is 2. The number of oxime groups is 1. The highest BCUT2D eigenvalue weighted by atomic mass is 32.2. The van der Waals surface area contributed by atoms with Crippen molar-refractivity contribution in [3.8, 4) is 0 Å². The number of hydrogen-bond donors (Lipinski definition) is 2. The van der Waals surface area contributed by atoms with Gasteiger partial charge in [-0.3, -0.25) is 4.79 Å². The Kier molecular flexibility index (Phi) is 3.54. The van der Waals surface area contributed by atoms with Gasteiger partial charge in [0, 0.05) is 7.05 Å². The molecular formula is C5H8N2O3S2. The molecule has 5 nitrogen and oxygen atoms in total. The lowest BCUT2D eigenvalue weighted by molar-refractivity contribution is -0.118. The van der Waals surface area contributed by atoms with E-state index in [0.29, 0.717) is 5.94 Å². The minimum Gasteiger partial charge on any atom is -0.460 e. The molecular weight excluding hydrogens is 200 g/mol. The van der Waals surface area contributed by atoms with Gasteiger partial charge < -0.3 is 15.3 Å². The van der Waals surface area contributed by atoms with E-state index in [1.165, 1.54) is 11.8 Å². The maximum Gasteiger partial charge on any atom is 0.288 e. The van der Waals surface area contributed by atoms with Gasteiger partial charge in [-0.25, -0.2) is 0 Å². The normalized spacial score (nSPS) is 26.4. The van der Waals surface area contributed by atoms with Crippen molar-refractivity contribution >= 4 is 34.7 Å². The summed E-state index contributed by atoms with van der Waals surface area (Å²) in [4.78, 5) is 11.1. The number of carbonyl (C=O) groups is 1. The van der Waals surface area contributed by atoms with E-state index in [0.717, 1.165) is 11.8 Å². The van der Waals surface area contributed by atoms with Crippen LogP contribution < -0.4 is 5.32 Å². The zero-order valence-electron chi connectivity index (χ0n) is 6.31. The van der Waals surface area contributed by atoms with Crippen LogP contribution in [-0.4, -0.2) is 33.9 Å². The maximum atomic E-state index is 11.1. The number of hydrogen-bond acceptors (Lipinski definition) is 6. The van der Waals surface area contributed by atoms with Crippen LogP contribution in [0.25, 0.3) is 0 Å². The van der Waals surface area contributed by atoms with Crippen molar-refractivity contribution in [2.24, 2.45) is 5.16 Å². The molecule has 0 saturated carbocycles. The van der Waals surface area contributed by atoms with Gasteiger partial charge in [-0.1, -0.05) is 11.8 Å². The molecule has 1 unspecified atom stereocenters. The summed E-state index contributed by atoms with van der Waals surface area (Å²) in [6.45, 7) is 0. The summed E-state index contributed by atoms with van der Waals surface area (Å²) in [5.41, 5.74) is 0. The fourth-order valence-electron chi connectivity index (χ4n) is 0.605. The molecule has 0 aromatic carbocycles. The highest BCUT2D eigenvalue weighted by molar-refractivity contribution is 8.26. The van der Waals surface area contributed by atoms with Crippen molar-refractivity contribution in [2.45, 2.75) is 4.58 Å². The molecule has 2 N–H and O–H groups in total. The first-order valence-corrected chi connectivity index (χ1v) is 5.05. The first-order valence-electron chi connectivity index (χ1n) is 3.12. The zero-order valence-corrected chi connectivity index (χ0v) is 7.94. The van der Waals surface area contributed by atoms with E-state index >= 15 is 0 Å². The largest absolute Gasteiger partial charge is 0.460 e. The number of nitrogens with zero attached hydrogens (tertiary/aromatic N) is 1. The predicted molar refractivity (Wildman–Crippen MR) is 48.2 cm³/mol. The quantitative estimate of drug-likeness (QED) is 0.477. The average Bonchev–Trinajstić information content (AvgIpc) is 2.17. The summed E-state index contributed by atoms with van der Waals surface area (Å²) in [5, 5.41) is 13.9. The second kappa shape index (κ2) is 4.46. The maximum absolute atomic E-state index is 11.1. The summed E-state index contributed by atoms with van der Waals surface area (Å²) in [5.74, 6) is 0.235. The summed E-state index contributed by atoms with van der Waals surface area (Å²) < 4.78 is 4.62. The van der Waals surface area contributed by atoms with E-state index in [1.807, 2.05) is 0 Å². The summed E-state index contributed by atoms with van der Waals surface area (Å²) in [6.07, 6.45) is 0. The highest BCUT2D eigenvalue weighted by Gasteiger charge is 2.26. The number of nitrogens with one attached hydrogen (secondary N) is 1. The van der Waals surface area contributed by atoms with Gasteiger partial charge in [-0.2, -0.15) is 0 Å². The minimum absolute atomic E-state index is 0.102. The predicted octanol–water partition coefficient (Wildman–Crippen LogP) is 0.258. The lowest BCUT2D eigenvalue weighted by Gasteiger charge is -2.19. The molecule has 0 spiro atoms. The molecule has 68 valence electrons. The van der Waals surface area contributed by atoms with Gasteiger partial charge in [0.25, 0.3) is 5.23 Å². The van der Waals surface area contributed by atoms with E-state index < -0.39 is 0 Å². The van der Waals surface area contributed by atoms with Gasteiger partial charge in [-0.15, -0.1) is 0 Å². The summed E-state index contributed by atoms with van der Waals surface area (Å²) in [7, 11) is 1.56. The van der Waals surface area contributed by atoms with Crippen molar-refractivity contribution in [1.29, 1.82) is 0 Å². The first-order chi connectivity index (χ1) is 5.77. The molecule has 0 radical (unpaired) electrons. The number of ether oxygens (including phenoxy) is 1. The van der Waals surface area contributed by atoms with Crippen LogP contribution in [0.5, 0.6) is 0 Å². The Morgan fingerprint density at radius 1 is 1.92 bits per heavy atom. The molecule has 1 rings (SSSR count). The van der Waals surface area contributed by atoms with Gasteiger partial charge in [0.05, 0.1) is 0 Å². The van der Waals surface area contributed by atoms with Crippen LogP contribution in [0, 0.1) is 0 Å². The third-order valence-electron chi connectivity index (χ3n) is 1.15. The Bertz CT molecular complexity index is 209. The Morgan fingerprint density at radius 3 is 3.25 bits per heavy atom. The number of rotatable bonds is 1. The molecule has 0 aromatic rings. The standard InChI is InChI=1S/C5H8N2O3S2/c1-6-3(8)4-11-2-10-5(7-9)12-4/h4,9H,2H2,1H3,(H,6,8)/b7-5+. The topological polar surface area (TPSA) is 70.9 Å². The fourth-order valence-corrected chi connectivity index (χ4v) is 2.52. The van der Waals surface area contributed by atoms with Crippen molar-refractivity contribution in [3.63, 3.8) is 0 Å². The second-order valence-corrected chi connectivity index (χ2v) is 4.25. The van der Waals surface area contributed by atoms with Crippen LogP contribution in [0.3, 0.4) is 0 Å². The van der Waals surface area contributed by atoms with E-state index in [4.69, 9.17) is 9.94 Å². The molecule has 1 aliphatic heterocycles. The Hall–Kier alpha value is -0.560. The van der Waals surface area contributed by atoms with Crippen molar-refractivity contribution in [2.75, 3.05) is 13.0 Å². The van der Waals surface area contributed by atoms with Gasteiger partial charge >= 0.3 is 0 Å². The van der Waals surface area contributed by atoms with E-state index in [2.05, 4.69) is 10.5 Å². The average molecular weight is 208 g/mol. The van der Waals surface area contributed by atoms with E-state index in [1.54, 1.807) is 7.05 Å². The second-order valence-electron chi connectivity index (χ2n) is 1.86. The minimum atomic E-state index is -0.283. The van der Waals surface area contributed by atoms with Crippen LogP contribution in [0.1, 0.15) is 0 Å². The van der Waals surface area contributed by atoms with Crippen molar-refractivity contribution in [1.82, 2.24) is 5.32 Å². The molecule has 1 saturated heterocycles. The zero-order chi connectivity index (χ0) is 8.97. The van der Waals surface area contributed by atoms with Crippen LogP contribution in [0.2, 0.25) is 0 Å². The first kappa shape index (κ1) is 9.53. The SMILES string of the molecule is CNC(=O)C1SCO/C(=N\O)S1. The fraction of sp³-hybridized carbons (Fsp3) is 0.600. The lowest BCUT2D eigenvalue weighted by atomic mass is 10.7. The summed E-state index contributed by atoms with van der Waals surface area (Å²) >= 11 is 2.44. The van der Waals surface area contributed by atoms with E-state index in [9.17, 15) is 4.79 Å². The van der Waals surface area contributed by atoms with Crippen molar-refractivity contribution < 1.29 is 14.7 Å².